The maximum Gasteiger partial charge on any atom is 0.118 e. The summed E-state index contributed by atoms with van der Waals surface area (Å²) in [7, 11) is 0. The van der Waals surface area contributed by atoms with E-state index in [1.54, 1.807) is 0 Å². The summed E-state index contributed by atoms with van der Waals surface area (Å²) < 4.78 is 5.64. The lowest BCUT2D eigenvalue weighted by Gasteiger charge is -2.24. The second kappa shape index (κ2) is 6.13. The highest BCUT2D eigenvalue weighted by Crippen LogP contribution is 2.15. The van der Waals surface area contributed by atoms with Crippen LogP contribution in [0, 0.1) is 0 Å². The predicted molar refractivity (Wildman–Crippen MR) is 77.9 cm³/mol. The van der Waals surface area contributed by atoms with Crippen LogP contribution in [0.15, 0.2) is 16.7 Å². The summed E-state index contributed by atoms with van der Waals surface area (Å²) in [6, 6.07) is 2.18. The lowest BCUT2D eigenvalue weighted by molar-refractivity contribution is 0.268. The van der Waals surface area contributed by atoms with E-state index in [0.29, 0.717) is 0 Å². The molecule has 0 radical (unpaired) electrons. The molecule has 1 aromatic rings. The lowest BCUT2D eigenvalue weighted by Crippen LogP contribution is -2.34. The highest BCUT2D eigenvalue weighted by molar-refractivity contribution is 7.99. The fourth-order valence-corrected chi connectivity index (χ4v) is 2.93. The van der Waals surface area contributed by atoms with E-state index in [1.807, 2.05) is 18.0 Å². The van der Waals surface area contributed by atoms with Crippen LogP contribution in [0.3, 0.4) is 0 Å². The van der Waals surface area contributed by atoms with Gasteiger partial charge in [0.2, 0.25) is 0 Å². The Hall–Kier alpha value is -0.450. The second-order valence-electron chi connectivity index (χ2n) is 5.91. The van der Waals surface area contributed by atoms with E-state index in [1.165, 1.54) is 30.2 Å². The van der Waals surface area contributed by atoms with Crippen LogP contribution < -0.4 is 5.32 Å². The molecule has 3 nitrogen and oxygen atoms in total. The van der Waals surface area contributed by atoms with Crippen LogP contribution in [0.1, 0.15) is 32.1 Å². The smallest absolute Gasteiger partial charge is 0.118 e. The van der Waals surface area contributed by atoms with Crippen molar-refractivity contribution in [2.75, 3.05) is 24.6 Å². The van der Waals surface area contributed by atoms with Gasteiger partial charge in [-0.2, -0.15) is 11.8 Å². The molecule has 1 N–H and O–H groups in total. The van der Waals surface area contributed by atoms with E-state index in [2.05, 4.69) is 37.1 Å². The molecule has 102 valence electrons. The number of hydrogen-bond donors (Lipinski definition) is 1. The van der Waals surface area contributed by atoms with Gasteiger partial charge in [0.25, 0.3) is 0 Å². The minimum atomic E-state index is 0.154. The fraction of sp³-hybridized carbons (Fsp3) is 0.714. The molecule has 0 bridgehead atoms. The highest BCUT2D eigenvalue weighted by Gasteiger charge is 2.14. The molecule has 2 heterocycles. The molecule has 0 saturated carbocycles. The molecule has 1 saturated heterocycles. The molecule has 0 spiro atoms. The van der Waals surface area contributed by atoms with Gasteiger partial charge in [0.05, 0.1) is 12.8 Å². The Kier molecular flexibility index (Phi) is 4.76. The number of thioether (sulfide) groups is 1. The van der Waals surface area contributed by atoms with E-state index in [4.69, 9.17) is 4.42 Å². The van der Waals surface area contributed by atoms with Crippen LogP contribution in [0.5, 0.6) is 0 Å². The zero-order chi connectivity index (χ0) is 13.0. The minimum Gasteiger partial charge on any atom is -0.468 e. The lowest BCUT2D eigenvalue weighted by atomic mass is 10.1. The summed E-state index contributed by atoms with van der Waals surface area (Å²) in [5, 5.41) is 3.48. The quantitative estimate of drug-likeness (QED) is 0.909. The minimum absolute atomic E-state index is 0.154. The van der Waals surface area contributed by atoms with Crippen molar-refractivity contribution in [3.63, 3.8) is 0 Å². The number of furan rings is 1. The molecule has 0 aliphatic carbocycles. The van der Waals surface area contributed by atoms with Crippen molar-refractivity contribution < 1.29 is 4.42 Å². The Morgan fingerprint density at radius 1 is 1.33 bits per heavy atom. The Labute approximate surface area is 114 Å². The molecule has 2 rings (SSSR count). The molecule has 0 amide bonds. The molecule has 0 aromatic carbocycles. The first kappa shape index (κ1) is 14.0. The molecular weight excluding hydrogens is 244 g/mol. The van der Waals surface area contributed by atoms with Gasteiger partial charge in [0, 0.05) is 42.2 Å². The Balaban J connectivity index is 1.82. The molecule has 18 heavy (non-hydrogen) atoms. The zero-order valence-electron chi connectivity index (χ0n) is 11.7. The summed E-state index contributed by atoms with van der Waals surface area (Å²) >= 11 is 2.04. The van der Waals surface area contributed by atoms with Gasteiger partial charge in [0.1, 0.15) is 5.76 Å². The average Bonchev–Trinajstić information content (AvgIpc) is 2.75. The molecule has 0 atom stereocenters. The molecule has 1 aliphatic heterocycles. The first-order valence-corrected chi connectivity index (χ1v) is 7.80. The van der Waals surface area contributed by atoms with Crippen molar-refractivity contribution in [2.24, 2.45) is 0 Å². The van der Waals surface area contributed by atoms with Gasteiger partial charge in [-0.3, -0.25) is 4.90 Å². The first-order chi connectivity index (χ1) is 8.53. The maximum absolute atomic E-state index is 5.64. The third kappa shape index (κ3) is 4.67. The summed E-state index contributed by atoms with van der Waals surface area (Å²) in [5.74, 6) is 3.59. The standard InChI is InChI=1S/C14H24N2OS/c1-14(2,3)15-9-12-8-13(17-11-12)10-16-4-6-18-7-5-16/h8,11,15H,4-7,9-10H2,1-3H3. The maximum atomic E-state index is 5.64. The van der Waals surface area contributed by atoms with E-state index in [0.717, 1.165) is 18.8 Å². The van der Waals surface area contributed by atoms with Crippen LogP contribution in [-0.4, -0.2) is 35.0 Å². The van der Waals surface area contributed by atoms with Gasteiger partial charge in [-0.1, -0.05) is 0 Å². The number of nitrogens with one attached hydrogen (secondary N) is 1. The van der Waals surface area contributed by atoms with E-state index >= 15 is 0 Å². The van der Waals surface area contributed by atoms with Crippen LogP contribution in [0.4, 0.5) is 0 Å². The van der Waals surface area contributed by atoms with Crippen LogP contribution in [0.2, 0.25) is 0 Å². The summed E-state index contributed by atoms with van der Waals surface area (Å²) in [4.78, 5) is 2.47. The molecule has 1 aromatic heterocycles. The zero-order valence-corrected chi connectivity index (χ0v) is 12.5. The van der Waals surface area contributed by atoms with Crippen molar-refractivity contribution in [1.29, 1.82) is 0 Å². The predicted octanol–water partition coefficient (Wildman–Crippen LogP) is 2.72. The Bertz CT molecular complexity index is 364. The average molecular weight is 268 g/mol. The largest absolute Gasteiger partial charge is 0.468 e. The highest BCUT2D eigenvalue weighted by atomic mass is 32.2. The number of hydrogen-bond acceptors (Lipinski definition) is 4. The SMILES string of the molecule is CC(C)(C)NCc1coc(CN2CCSCC2)c1. The van der Waals surface area contributed by atoms with E-state index in [9.17, 15) is 0 Å². The van der Waals surface area contributed by atoms with Crippen molar-refractivity contribution in [3.05, 3.63) is 23.7 Å². The Morgan fingerprint density at radius 2 is 2.06 bits per heavy atom. The van der Waals surface area contributed by atoms with E-state index < -0.39 is 0 Å². The summed E-state index contributed by atoms with van der Waals surface area (Å²) in [5.41, 5.74) is 1.40. The molecule has 1 fully saturated rings. The number of nitrogens with zero attached hydrogens (tertiary/aromatic N) is 1. The van der Waals surface area contributed by atoms with Gasteiger partial charge in [-0.05, 0) is 26.8 Å². The summed E-state index contributed by atoms with van der Waals surface area (Å²) in [6.45, 7) is 10.7. The van der Waals surface area contributed by atoms with Gasteiger partial charge in [-0.25, -0.2) is 0 Å². The normalized spacial score (nSPS) is 18.2. The van der Waals surface area contributed by atoms with Crippen LogP contribution in [-0.2, 0) is 13.1 Å². The second-order valence-corrected chi connectivity index (χ2v) is 7.14. The van der Waals surface area contributed by atoms with Crippen LogP contribution >= 0.6 is 11.8 Å². The monoisotopic (exact) mass is 268 g/mol. The topological polar surface area (TPSA) is 28.4 Å². The number of rotatable bonds is 4. The van der Waals surface area contributed by atoms with Crippen LogP contribution in [0.25, 0.3) is 0 Å². The van der Waals surface area contributed by atoms with Gasteiger partial charge >= 0.3 is 0 Å². The van der Waals surface area contributed by atoms with Crippen molar-refractivity contribution in [2.45, 2.75) is 39.4 Å². The third-order valence-corrected chi connectivity index (χ3v) is 3.96. The molecule has 1 aliphatic rings. The molecule has 4 heteroatoms. The van der Waals surface area contributed by atoms with Gasteiger partial charge < -0.3 is 9.73 Å². The van der Waals surface area contributed by atoms with Crippen molar-refractivity contribution >= 4 is 11.8 Å². The van der Waals surface area contributed by atoms with Crippen molar-refractivity contribution in [1.82, 2.24) is 10.2 Å². The van der Waals surface area contributed by atoms with Gasteiger partial charge in [0.15, 0.2) is 0 Å². The molecular formula is C14H24N2OS. The summed E-state index contributed by atoms with van der Waals surface area (Å²) in [6.07, 6.45) is 1.88. The van der Waals surface area contributed by atoms with Gasteiger partial charge in [-0.15, -0.1) is 0 Å². The van der Waals surface area contributed by atoms with E-state index in [-0.39, 0.29) is 5.54 Å². The first-order valence-electron chi connectivity index (χ1n) is 6.64. The Morgan fingerprint density at radius 3 is 2.72 bits per heavy atom. The van der Waals surface area contributed by atoms with Crippen molar-refractivity contribution in [3.8, 4) is 0 Å². The third-order valence-electron chi connectivity index (χ3n) is 3.01. The fourth-order valence-electron chi connectivity index (χ4n) is 1.95. The molecule has 0 unspecified atom stereocenters.